The number of nitrogens with one attached hydrogen (secondary N) is 1. The number of hydrogen-bond acceptors (Lipinski definition) is 5. The summed E-state index contributed by atoms with van der Waals surface area (Å²) in [5.74, 6) is -0.0356. The van der Waals surface area contributed by atoms with E-state index in [9.17, 15) is 9.59 Å². The molecule has 1 N–H and O–H groups in total. The van der Waals surface area contributed by atoms with Crippen LogP contribution in [0.4, 0.5) is 0 Å². The van der Waals surface area contributed by atoms with Gasteiger partial charge in [-0.1, -0.05) is 35.9 Å². The number of Topliss-reactive ketones (excluding diaryl/α,β-unsaturated/α-hetero) is 1. The van der Waals surface area contributed by atoms with Gasteiger partial charge < -0.3 is 14.8 Å². The van der Waals surface area contributed by atoms with Crippen molar-refractivity contribution in [3.05, 3.63) is 87.2 Å². The summed E-state index contributed by atoms with van der Waals surface area (Å²) in [6, 6.07) is 15.3. The molecule has 0 spiro atoms. The monoisotopic (exact) mass is 465 g/mol. The molecule has 0 amide bonds. The number of carbonyl (C=O) groups is 2. The van der Waals surface area contributed by atoms with E-state index in [4.69, 9.17) is 21.1 Å². The van der Waals surface area contributed by atoms with Gasteiger partial charge in [-0.2, -0.15) is 0 Å². The van der Waals surface area contributed by atoms with Crippen molar-refractivity contribution in [2.45, 2.75) is 45.4 Å². The summed E-state index contributed by atoms with van der Waals surface area (Å²) >= 11 is 6.05. The quantitative estimate of drug-likeness (QED) is 0.557. The highest BCUT2D eigenvalue weighted by atomic mass is 35.5. The second-order valence-corrected chi connectivity index (χ2v) is 8.73. The number of esters is 1. The van der Waals surface area contributed by atoms with E-state index in [-0.39, 0.29) is 18.3 Å². The van der Waals surface area contributed by atoms with Crippen molar-refractivity contribution in [3.8, 4) is 5.75 Å². The van der Waals surface area contributed by atoms with Crippen LogP contribution in [0.25, 0.3) is 0 Å². The van der Waals surface area contributed by atoms with Gasteiger partial charge in [0.25, 0.3) is 0 Å². The summed E-state index contributed by atoms with van der Waals surface area (Å²) < 4.78 is 11.0. The number of allylic oxidation sites excluding steroid dienone is 3. The Kier molecular flexibility index (Phi) is 6.89. The minimum Gasteiger partial charge on any atom is -0.494 e. The van der Waals surface area contributed by atoms with Gasteiger partial charge in [0.05, 0.1) is 18.8 Å². The lowest BCUT2D eigenvalue weighted by Crippen LogP contribution is -2.36. The Labute approximate surface area is 199 Å². The van der Waals surface area contributed by atoms with Crippen LogP contribution in [0.2, 0.25) is 5.02 Å². The number of rotatable bonds is 6. The van der Waals surface area contributed by atoms with Gasteiger partial charge in [-0.05, 0) is 68.5 Å². The average Bonchev–Trinajstić information content (AvgIpc) is 2.79. The molecule has 2 aromatic carbocycles. The van der Waals surface area contributed by atoms with Crippen LogP contribution >= 0.6 is 11.6 Å². The topological polar surface area (TPSA) is 64.6 Å². The SMILES string of the molecule is CCOC(=O)C1=C(C)NC2=C(C(=O)C[C@H](c3ccc(Cl)cc3)C2)[C@@H]1c1ccc(OCC)cc1. The molecular weight excluding hydrogens is 438 g/mol. The largest absolute Gasteiger partial charge is 0.494 e. The van der Waals surface area contributed by atoms with Crippen molar-refractivity contribution in [3.63, 3.8) is 0 Å². The number of carbonyl (C=O) groups excluding carboxylic acids is 2. The Hall–Kier alpha value is -3.05. The van der Waals surface area contributed by atoms with Crippen molar-refractivity contribution < 1.29 is 19.1 Å². The van der Waals surface area contributed by atoms with Gasteiger partial charge in [0.2, 0.25) is 0 Å². The Morgan fingerprint density at radius 2 is 1.67 bits per heavy atom. The van der Waals surface area contributed by atoms with Gasteiger partial charge in [-0.15, -0.1) is 0 Å². The van der Waals surface area contributed by atoms with Crippen molar-refractivity contribution in [2.75, 3.05) is 13.2 Å². The number of ketones is 1. The van der Waals surface area contributed by atoms with Crippen LogP contribution in [0.3, 0.4) is 0 Å². The predicted octanol–water partition coefficient (Wildman–Crippen LogP) is 5.66. The highest BCUT2D eigenvalue weighted by Gasteiger charge is 2.41. The van der Waals surface area contributed by atoms with Crippen LogP contribution in [0, 0.1) is 0 Å². The second-order valence-electron chi connectivity index (χ2n) is 8.29. The van der Waals surface area contributed by atoms with E-state index in [0.717, 1.165) is 28.3 Å². The van der Waals surface area contributed by atoms with Gasteiger partial charge in [-0.3, -0.25) is 4.79 Å². The van der Waals surface area contributed by atoms with Gasteiger partial charge in [0.15, 0.2) is 5.78 Å². The fraction of sp³-hybridized carbons (Fsp3) is 0.333. The summed E-state index contributed by atoms with van der Waals surface area (Å²) in [5, 5.41) is 4.04. The third-order valence-electron chi connectivity index (χ3n) is 6.19. The van der Waals surface area contributed by atoms with Crippen molar-refractivity contribution >= 4 is 23.4 Å². The number of hydrogen-bond donors (Lipinski definition) is 1. The summed E-state index contributed by atoms with van der Waals surface area (Å²) in [6.45, 7) is 6.42. The summed E-state index contributed by atoms with van der Waals surface area (Å²) in [4.78, 5) is 26.5. The van der Waals surface area contributed by atoms with Crippen LogP contribution in [0.1, 0.15) is 56.6 Å². The minimum atomic E-state index is -0.477. The number of ether oxygens (including phenoxy) is 2. The lowest BCUT2D eigenvalue weighted by Gasteiger charge is -2.36. The molecule has 33 heavy (non-hydrogen) atoms. The van der Waals surface area contributed by atoms with Crippen molar-refractivity contribution in [1.82, 2.24) is 5.32 Å². The van der Waals surface area contributed by atoms with E-state index in [1.807, 2.05) is 62.4 Å². The number of halogens is 1. The van der Waals surface area contributed by atoms with Crippen molar-refractivity contribution in [2.24, 2.45) is 0 Å². The van der Waals surface area contributed by atoms with Gasteiger partial charge in [-0.25, -0.2) is 4.79 Å². The minimum absolute atomic E-state index is 0.0388. The van der Waals surface area contributed by atoms with Crippen LogP contribution in [0.5, 0.6) is 5.75 Å². The molecule has 0 unspecified atom stereocenters. The van der Waals surface area contributed by atoms with Crippen molar-refractivity contribution in [1.29, 1.82) is 0 Å². The molecule has 172 valence electrons. The molecule has 1 aliphatic heterocycles. The zero-order valence-electron chi connectivity index (χ0n) is 19.1. The smallest absolute Gasteiger partial charge is 0.336 e. The predicted molar refractivity (Wildman–Crippen MR) is 128 cm³/mol. The molecule has 1 heterocycles. The Morgan fingerprint density at radius 1 is 1.00 bits per heavy atom. The van der Waals surface area contributed by atoms with E-state index in [1.54, 1.807) is 6.92 Å². The van der Waals surface area contributed by atoms with E-state index < -0.39 is 11.9 Å². The molecule has 2 atom stereocenters. The van der Waals surface area contributed by atoms with Gasteiger partial charge >= 0.3 is 5.97 Å². The Balaban J connectivity index is 1.76. The molecule has 6 heteroatoms. The highest BCUT2D eigenvalue weighted by Crippen LogP contribution is 2.46. The highest BCUT2D eigenvalue weighted by molar-refractivity contribution is 6.30. The van der Waals surface area contributed by atoms with E-state index in [1.165, 1.54) is 0 Å². The third-order valence-corrected chi connectivity index (χ3v) is 6.44. The molecule has 4 rings (SSSR count). The lowest BCUT2D eigenvalue weighted by atomic mass is 9.72. The molecule has 0 saturated heterocycles. The first-order chi connectivity index (χ1) is 15.9. The maximum atomic E-state index is 13.5. The third kappa shape index (κ3) is 4.69. The lowest BCUT2D eigenvalue weighted by molar-refractivity contribution is -0.138. The molecule has 1 aliphatic carbocycles. The summed E-state index contributed by atoms with van der Waals surface area (Å²) in [6.07, 6.45) is 1.06. The molecule has 0 bridgehead atoms. The zero-order chi connectivity index (χ0) is 23.5. The number of benzene rings is 2. The van der Waals surface area contributed by atoms with Crippen LogP contribution in [-0.4, -0.2) is 25.0 Å². The van der Waals surface area contributed by atoms with Crippen LogP contribution in [0.15, 0.2) is 71.1 Å². The first kappa shape index (κ1) is 23.1. The van der Waals surface area contributed by atoms with Gasteiger partial charge in [0, 0.05) is 34.3 Å². The fourth-order valence-corrected chi connectivity index (χ4v) is 4.87. The molecule has 0 aromatic heterocycles. The van der Waals surface area contributed by atoms with E-state index in [2.05, 4.69) is 5.32 Å². The first-order valence-electron chi connectivity index (χ1n) is 11.3. The normalized spacial score (nSPS) is 20.3. The standard InChI is InChI=1S/C27H28ClNO4/c1-4-32-21-12-8-18(9-13-21)25-24(27(31)33-5-2)16(3)29-22-14-19(15-23(30)26(22)25)17-6-10-20(28)11-7-17/h6-13,19,25,29H,4-5,14-15H2,1-3H3/t19-,25-/m1/s1. The van der Waals surface area contributed by atoms with E-state index in [0.29, 0.717) is 35.6 Å². The first-order valence-corrected chi connectivity index (χ1v) is 11.7. The molecule has 5 nitrogen and oxygen atoms in total. The molecule has 0 fully saturated rings. The maximum Gasteiger partial charge on any atom is 0.336 e. The molecule has 2 aromatic rings. The van der Waals surface area contributed by atoms with Crippen LogP contribution in [-0.2, 0) is 14.3 Å². The average molecular weight is 466 g/mol. The molecular formula is C27H28ClNO4. The number of dihydropyridines is 1. The second kappa shape index (κ2) is 9.84. The molecule has 2 aliphatic rings. The summed E-state index contributed by atoms with van der Waals surface area (Å²) in [5.41, 5.74) is 4.67. The fourth-order valence-electron chi connectivity index (χ4n) is 4.75. The van der Waals surface area contributed by atoms with Gasteiger partial charge in [0.1, 0.15) is 5.75 Å². The van der Waals surface area contributed by atoms with Crippen LogP contribution < -0.4 is 10.1 Å². The Morgan fingerprint density at radius 3 is 2.30 bits per heavy atom. The molecule has 0 radical (unpaired) electrons. The Bertz CT molecular complexity index is 1120. The molecule has 0 saturated carbocycles. The van der Waals surface area contributed by atoms with E-state index >= 15 is 0 Å². The summed E-state index contributed by atoms with van der Waals surface area (Å²) in [7, 11) is 0. The zero-order valence-corrected chi connectivity index (χ0v) is 19.9. The maximum absolute atomic E-state index is 13.5.